The minimum Gasteiger partial charge on any atom is -0.497 e. The Morgan fingerprint density at radius 1 is 1.14 bits per heavy atom. The first-order valence-corrected chi connectivity index (χ1v) is 10.1. The highest BCUT2D eigenvalue weighted by Crippen LogP contribution is 2.37. The molecule has 1 amide bonds. The summed E-state index contributed by atoms with van der Waals surface area (Å²) < 4.78 is 27.3. The van der Waals surface area contributed by atoms with Gasteiger partial charge in [0.2, 0.25) is 18.4 Å². The van der Waals surface area contributed by atoms with Gasteiger partial charge in [-0.25, -0.2) is 10.1 Å². The Kier molecular flexibility index (Phi) is 5.58. The molecule has 0 unspecified atom stereocenters. The van der Waals surface area contributed by atoms with E-state index in [4.69, 9.17) is 24.7 Å². The third kappa shape index (κ3) is 4.03. The van der Waals surface area contributed by atoms with Crippen molar-refractivity contribution in [2.24, 2.45) is 5.10 Å². The van der Waals surface area contributed by atoms with Crippen LogP contribution in [0, 0.1) is 0 Å². The van der Waals surface area contributed by atoms with E-state index >= 15 is 0 Å². The maximum Gasteiger partial charge on any atom is 0.294 e. The van der Waals surface area contributed by atoms with E-state index < -0.39 is 5.91 Å². The number of amides is 1. The Labute approximate surface area is 197 Å². The van der Waals surface area contributed by atoms with Gasteiger partial charge in [0.1, 0.15) is 17.2 Å². The maximum atomic E-state index is 13.0. The van der Waals surface area contributed by atoms with Gasteiger partial charge in [0.05, 0.1) is 20.4 Å². The summed E-state index contributed by atoms with van der Waals surface area (Å²) in [5.74, 6) is 1.60. The van der Waals surface area contributed by atoms with E-state index in [0.717, 1.165) is 0 Å². The van der Waals surface area contributed by atoms with Gasteiger partial charge < -0.3 is 24.7 Å². The van der Waals surface area contributed by atoms with Crippen LogP contribution in [-0.4, -0.2) is 58.4 Å². The second-order valence-electron chi connectivity index (χ2n) is 7.05. The van der Waals surface area contributed by atoms with Gasteiger partial charge >= 0.3 is 0 Å². The molecule has 0 saturated carbocycles. The smallest absolute Gasteiger partial charge is 0.294 e. The predicted octanol–water partition coefficient (Wildman–Crippen LogP) is 1.41. The van der Waals surface area contributed by atoms with Crippen molar-refractivity contribution in [3.63, 3.8) is 0 Å². The summed E-state index contributed by atoms with van der Waals surface area (Å²) >= 11 is 0. The van der Waals surface area contributed by atoms with Gasteiger partial charge in [-0.15, -0.1) is 5.10 Å². The summed E-state index contributed by atoms with van der Waals surface area (Å²) in [7, 11) is 3.07. The number of hydrogen-bond donors (Lipinski definition) is 2. The van der Waals surface area contributed by atoms with Crippen molar-refractivity contribution in [1.82, 2.24) is 30.7 Å². The molecule has 0 bridgehead atoms. The monoisotopic (exact) mass is 478 g/mol. The predicted molar refractivity (Wildman–Crippen MR) is 120 cm³/mol. The molecule has 0 fully saturated rings. The van der Waals surface area contributed by atoms with Crippen molar-refractivity contribution in [3.8, 4) is 40.1 Å². The van der Waals surface area contributed by atoms with Crippen molar-refractivity contribution in [2.45, 2.75) is 0 Å². The quantitative estimate of drug-likeness (QED) is 0.290. The molecule has 3 N–H and O–H groups in total. The standard InChI is InChI=1S/C21H18N8O6/c1-31-13-5-3-12(15(8-13)32-2)9-23-25-21(30)17-18(11-4-6-14-16(7-11)34-10-33-14)29(28-24-17)20-19(22)26-35-27-20/h3-9H,10H2,1-2H3,(H2,22,26)(H,25,30). The second kappa shape index (κ2) is 9.01. The fourth-order valence-corrected chi connectivity index (χ4v) is 3.36. The van der Waals surface area contributed by atoms with Crippen molar-refractivity contribution in [2.75, 3.05) is 26.7 Å². The van der Waals surface area contributed by atoms with Crippen LogP contribution in [0.2, 0.25) is 0 Å². The maximum absolute atomic E-state index is 13.0. The van der Waals surface area contributed by atoms with Crippen molar-refractivity contribution < 1.29 is 28.4 Å². The van der Waals surface area contributed by atoms with Crippen LogP contribution in [0.25, 0.3) is 17.1 Å². The van der Waals surface area contributed by atoms with Crippen molar-refractivity contribution in [3.05, 3.63) is 47.7 Å². The summed E-state index contributed by atoms with van der Waals surface area (Å²) in [6.45, 7) is 0.0906. The first kappa shape index (κ1) is 21.7. The van der Waals surface area contributed by atoms with Crippen LogP contribution >= 0.6 is 0 Å². The Balaban J connectivity index is 1.48. The van der Waals surface area contributed by atoms with E-state index in [-0.39, 0.29) is 29.8 Å². The van der Waals surface area contributed by atoms with Gasteiger partial charge in [0.25, 0.3) is 5.91 Å². The number of carbonyl (C=O) groups excluding carboxylic acids is 1. The van der Waals surface area contributed by atoms with E-state index in [2.05, 4.69) is 35.8 Å². The number of nitrogen functional groups attached to an aromatic ring is 1. The average Bonchev–Trinajstić information content (AvgIpc) is 3.62. The highest BCUT2D eigenvalue weighted by atomic mass is 16.7. The van der Waals surface area contributed by atoms with Gasteiger partial charge in [-0.3, -0.25) is 4.79 Å². The Bertz CT molecular complexity index is 1430. The summed E-state index contributed by atoms with van der Waals surface area (Å²) in [6, 6.07) is 10.3. The lowest BCUT2D eigenvalue weighted by atomic mass is 10.1. The molecule has 0 atom stereocenters. The normalized spacial score (nSPS) is 12.2. The number of aromatic nitrogens is 5. The Hall–Kier alpha value is -5.14. The number of fused-ring (bicyclic) bond motifs is 1. The van der Waals surface area contributed by atoms with Crippen LogP contribution in [0.5, 0.6) is 23.0 Å². The van der Waals surface area contributed by atoms with Gasteiger partial charge in [-0.2, -0.15) is 9.78 Å². The molecule has 5 rings (SSSR count). The molecular weight excluding hydrogens is 460 g/mol. The third-order valence-corrected chi connectivity index (χ3v) is 5.04. The highest BCUT2D eigenvalue weighted by molar-refractivity contribution is 5.99. The van der Waals surface area contributed by atoms with E-state index in [1.807, 2.05) is 0 Å². The SMILES string of the molecule is COc1ccc(C=NNC(=O)c2nnn(-c3nonc3N)c2-c2ccc3c(c2)OCO3)c(OC)c1. The van der Waals surface area contributed by atoms with Gasteiger partial charge in [0.15, 0.2) is 17.2 Å². The zero-order valence-corrected chi connectivity index (χ0v) is 18.5. The van der Waals surface area contributed by atoms with E-state index in [9.17, 15) is 4.79 Å². The molecule has 0 spiro atoms. The van der Waals surface area contributed by atoms with Gasteiger partial charge in [-0.1, -0.05) is 5.21 Å². The number of benzene rings is 2. The molecule has 14 heteroatoms. The molecule has 0 radical (unpaired) electrons. The molecule has 2 aromatic heterocycles. The first-order valence-electron chi connectivity index (χ1n) is 10.1. The van der Waals surface area contributed by atoms with Crippen LogP contribution < -0.4 is 30.1 Å². The fourth-order valence-electron chi connectivity index (χ4n) is 3.36. The lowest BCUT2D eigenvalue weighted by Gasteiger charge is -2.07. The molecule has 0 aliphatic carbocycles. The highest BCUT2D eigenvalue weighted by Gasteiger charge is 2.26. The molecule has 178 valence electrons. The number of anilines is 1. The number of nitrogens with zero attached hydrogens (tertiary/aromatic N) is 6. The molecule has 3 heterocycles. The molecule has 1 aliphatic rings. The molecule has 14 nitrogen and oxygen atoms in total. The minimum atomic E-state index is -0.636. The number of methoxy groups -OCH3 is 2. The summed E-state index contributed by atoms with van der Waals surface area (Å²) in [4.78, 5) is 13.0. The molecule has 35 heavy (non-hydrogen) atoms. The van der Waals surface area contributed by atoms with Crippen LogP contribution in [0.4, 0.5) is 5.82 Å². The molecule has 4 aromatic rings. The number of carbonyl (C=O) groups is 1. The summed E-state index contributed by atoms with van der Waals surface area (Å²) in [6.07, 6.45) is 1.43. The number of ether oxygens (including phenoxy) is 4. The van der Waals surface area contributed by atoms with Crippen LogP contribution in [-0.2, 0) is 0 Å². The zero-order chi connectivity index (χ0) is 24.4. The largest absolute Gasteiger partial charge is 0.497 e. The molecular formula is C21H18N8O6. The third-order valence-electron chi connectivity index (χ3n) is 5.04. The van der Waals surface area contributed by atoms with Crippen LogP contribution in [0.3, 0.4) is 0 Å². The topological polar surface area (TPSA) is 174 Å². The first-order chi connectivity index (χ1) is 17.1. The van der Waals surface area contributed by atoms with Crippen molar-refractivity contribution in [1.29, 1.82) is 0 Å². The van der Waals surface area contributed by atoms with E-state index in [1.165, 1.54) is 18.0 Å². The lowest BCUT2D eigenvalue weighted by Crippen LogP contribution is -2.19. The lowest BCUT2D eigenvalue weighted by molar-refractivity contribution is 0.0950. The van der Waals surface area contributed by atoms with Crippen molar-refractivity contribution >= 4 is 17.9 Å². The number of hydrazone groups is 1. The van der Waals surface area contributed by atoms with Gasteiger partial charge in [0, 0.05) is 17.2 Å². The molecule has 2 aromatic carbocycles. The number of hydrogen-bond acceptors (Lipinski definition) is 12. The average molecular weight is 478 g/mol. The number of rotatable bonds is 7. The fraction of sp³-hybridized carbons (Fsp3) is 0.143. The molecule has 0 saturated heterocycles. The van der Waals surface area contributed by atoms with Crippen LogP contribution in [0.1, 0.15) is 16.1 Å². The molecule has 1 aliphatic heterocycles. The van der Waals surface area contributed by atoms with Crippen LogP contribution in [0.15, 0.2) is 46.1 Å². The Morgan fingerprint density at radius 3 is 2.77 bits per heavy atom. The Morgan fingerprint density at radius 2 is 2.00 bits per heavy atom. The van der Waals surface area contributed by atoms with E-state index in [0.29, 0.717) is 34.1 Å². The van der Waals surface area contributed by atoms with E-state index in [1.54, 1.807) is 43.5 Å². The summed E-state index contributed by atoms with van der Waals surface area (Å²) in [5.41, 5.74) is 9.65. The number of nitrogens with two attached hydrogens (primary N) is 1. The number of nitrogens with one attached hydrogen (secondary N) is 1. The second-order valence-corrected chi connectivity index (χ2v) is 7.05. The van der Waals surface area contributed by atoms with Gasteiger partial charge in [-0.05, 0) is 40.6 Å². The zero-order valence-electron chi connectivity index (χ0n) is 18.5. The summed E-state index contributed by atoms with van der Waals surface area (Å²) in [5, 5.41) is 19.4. The minimum absolute atomic E-state index is 0.0338.